The molecule has 5 heteroatoms. The van der Waals surface area contributed by atoms with Gasteiger partial charge in [0.2, 0.25) is 0 Å². The summed E-state index contributed by atoms with van der Waals surface area (Å²) in [5.74, 6) is 2.73. The molecular weight excluding hydrogens is 512 g/mol. The number of carbonyl (C=O) groups excluding carboxylic acids is 3. The van der Waals surface area contributed by atoms with Gasteiger partial charge in [-0.3, -0.25) is 14.4 Å². The number of esters is 2. The summed E-state index contributed by atoms with van der Waals surface area (Å²) < 4.78 is 11.3. The second-order valence-electron chi connectivity index (χ2n) is 11.9. The van der Waals surface area contributed by atoms with Gasteiger partial charge in [0.25, 0.3) is 0 Å². The van der Waals surface area contributed by atoms with Gasteiger partial charge in [0.1, 0.15) is 11.5 Å². The zero-order chi connectivity index (χ0) is 29.6. The number of ether oxygens (including phenoxy) is 2. The summed E-state index contributed by atoms with van der Waals surface area (Å²) in [6.07, 6.45) is 13.9. The molecule has 0 radical (unpaired) electrons. The predicted molar refractivity (Wildman–Crippen MR) is 164 cm³/mol. The Morgan fingerprint density at radius 2 is 1.12 bits per heavy atom. The molecule has 41 heavy (non-hydrogen) atoms. The van der Waals surface area contributed by atoms with Crippen molar-refractivity contribution >= 4 is 17.7 Å². The van der Waals surface area contributed by atoms with E-state index in [0.717, 1.165) is 76.0 Å². The minimum absolute atomic E-state index is 0.0185. The van der Waals surface area contributed by atoms with Crippen molar-refractivity contribution in [2.24, 2.45) is 23.7 Å². The molecule has 4 rings (SSSR count). The third-order valence-corrected chi connectivity index (χ3v) is 8.50. The topological polar surface area (TPSA) is 69.7 Å². The molecule has 0 unspecified atom stereocenters. The molecule has 0 saturated heterocycles. The second kappa shape index (κ2) is 16.9. The van der Waals surface area contributed by atoms with Gasteiger partial charge in [-0.15, -0.1) is 0 Å². The SMILES string of the molecule is C=CC(C)=O.CCCC1CCC(C(=O)Oc2ccc(CCc3ccc(OC(=O)C4CCC(C)CC4)cc3)cc2)CC1. The second-order valence-corrected chi connectivity index (χ2v) is 11.9. The van der Waals surface area contributed by atoms with Crippen molar-refractivity contribution in [2.75, 3.05) is 0 Å². The molecule has 0 aromatic heterocycles. The molecule has 2 aliphatic carbocycles. The smallest absolute Gasteiger partial charge is 0.314 e. The molecule has 2 aromatic rings. The molecular formula is C36H48O5. The highest BCUT2D eigenvalue weighted by atomic mass is 16.5. The lowest BCUT2D eigenvalue weighted by atomic mass is 9.80. The highest BCUT2D eigenvalue weighted by molar-refractivity contribution is 5.86. The first-order valence-electron chi connectivity index (χ1n) is 15.5. The van der Waals surface area contributed by atoms with Crippen LogP contribution in [0.2, 0.25) is 0 Å². The molecule has 2 aromatic carbocycles. The van der Waals surface area contributed by atoms with Crippen LogP contribution in [0, 0.1) is 23.7 Å². The zero-order valence-electron chi connectivity index (χ0n) is 25.2. The third-order valence-electron chi connectivity index (χ3n) is 8.50. The highest BCUT2D eigenvalue weighted by Crippen LogP contribution is 2.33. The number of benzene rings is 2. The molecule has 0 spiro atoms. The van der Waals surface area contributed by atoms with Gasteiger partial charge in [-0.2, -0.15) is 0 Å². The summed E-state index contributed by atoms with van der Waals surface area (Å²) >= 11 is 0. The molecule has 0 N–H and O–H groups in total. The van der Waals surface area contributed by atoms with Gasteiger partial charge in [0, 0.05) is 0 Å². The van der Waals surface area contributed by atoms with Crippen molar-refractivity contribution in [1.82, 2.24) is 0 Å². The first-order valence-corrected chi connectivity index (χ1v) is 15.5. The van der Waals surface area contributed by atoms with Crippen molar-refractivity contribution in [1.29, 1.82) is 0 Å². The van der Waals surface area contributed by atoms with Crippen molar-refractivity contribution in [2.45, 2.75) is 97.8 Å². The number of ketones is 1. The van der Waals surface area contributed by atoms with Crippen LogP contribution in [0.3, 0.4) is 0 Å². The van der Waals surface area contributed by atoms with Crippen molar-refractivity contribution in [3.63, 3.8) is 0 Å². The van der Waals surface area contributed by atoms with Crippen LogP contribution >= 0.6 is 0 Å². The summed E-state index contributed by atoms with van der Waals surface area (Å²) in [4.78, 5) is 34.7. The lowest BCUT2D eigenvalue weighted by Crippen LogP contribution is -2.25. The Labute approximate surface area is 246 Å². The molecule has 2 fully saturated rings. The van der Waals surface area contributed by atoms with Crippen LogP contribution in [-0.2, 0) is 27.2 Å². The maximum absolute atomic E-state index is 12.6. The van der Waals surface area contributed by atoms with Crippen LogP contribution in [0.15, 0.2) is 61.2 Å². The molecule has 2 saturated carbocycles. The third kappa shape index (κ3) is 11.3. The molecule has 222 valence electrons. The van der Waals surface area contributed by atoms with Gasteiger partial charge in [0.15, 0.2) is 5.78 Å². The maximum Gasteiger partial charge on any atom is 0.314 e. The molecule has 0 bridgehead atoms. The average molecular weight is 561 g/mol. The zero-order valence-corrected chi connectivity index (χ0v) is 25.2. The number of rotatable bonds is 10. The fraction of sp³-hybridized carbons (Fsp3) is 0.528. The summed E-state index contributed by atoms with van der Waals surface area (Å²) in [5.41, 5.74) is 2.41. The van der Waals surface area contributed by atoms with Gasteiger partial charge >= 0.3 is 11.9 Å². The minimum Gasteiger partial charge on any atom is -0.426 e. The standard InChI is InChI=1S/C32H42O4.C4H6O/c1-3-4-24-9-17-28(18-10-24)32(34)36-30-21-13-26(14-22-30)8-7-25-11-19-29(20-12-25)35-31(33)27-15-5-23(2)6-16-27;1-3-4(2)5/h11-14,19-24,27-28H,3-10,15-18H2,1-2H3;3H,1H2,2H3. The van der Waals surface area contributed by atoms with Crippen molar-refractivity contribution in [3.8, 4) is 11.5 Å². The molecule has 0 heterocycles. The molecule has 5 nitrogen and oxygen atoms in total. The van der Waals surface area contributed by atoms with Crippen LogP contribution in [0.4, 0.5) is 0 Å². The van der Waals surface area contributed by atoms with Crippen LogP contribution in [0.1, 0.15) is 96.1 Å². The van der Waals surface area contributed by atoms with Gasteiger partial charge in [-0.1, -0.05) is 57.5 Å². The van der Waals surface area contributed by atoms with Crippen molar-refractivity contribution in [3.05, 3.63) is 72.3 Å². The van der Waals surface area contributed by atoms with E-state index >= 15 is 0 Å². The number of carbonyl (C=O) groups is 3. The van der Waals surface area contributed by atoms with E-state index in [2.05, 4.69) is 20.4 Å². The van der Waals surface area contributed by atoms with E-state index in [-0.39, 0.29) is 29.6 Å². The lowest BCUT2D eigenvalue weighted by Gasteiger charge is -2.26. The monoisotopic (exact) mass is 560 g/mol. The van der Waals surface area contributed by atoms with Crippen LogP contribution in [0.25, 0.3) is 0 Å². The summed E-state index contributed by atoms with van der Waals surface area (Å²) in [6, 6.07) is 15.8. The van der Waals surface area contributed by atoms with Gasteiger partial charge in [-0.05, 0) is 124 Å². The Hall–Kier alpha value is -3.21. The Kier molecular flexibility index (Phi) is 13.3. The molecule has 0 atom stereocenters. The Bertz CT molecular complexity index is 1100. The summed E-state index contributed by atoms with van der Waals surface area (Å²) in [6.45, 7) is 9.16. The average Bonchev–Trinajstić information content (AvgIpc) is 2.98. The normalized spacial score (nSPS) is 22.0. The molecule has 0 amide bonds. The van der Waals surface area contributed by atoms with Gasteiger partial charge in [-0.25, -0.2) is 0 Å². The van der Waals surface area contributed by atoms with Gasteiger partial charge < -0.3 is 9.47 Å². The van der Waals surface area contributed by atoms with Crippen LogP contribution in [-0.4, -0.2) is 17.7 Å². The Morgan fingerprint density at radius 3 is 1.49 bits per heavy atom. The van der Waals surface area contributed by atoms with E-state index < -0.39 is 0 Å². The van der Waals surface area contributed by atoms with E-state index in [1.165, 1.54) is 37.0 Å². The predicted octanol–water partition coefficient (Wildman–Crippen LogP) is 8.48. The van der Waals surface area contributed by atoms with Crippen LogP contribution in [0.5, 0.6) is 11.5 Å². The first-order chi connectivity index (χ1) is 19.8. The lowest BCUT2D eigenvalue weighted by molar-refractivity contribution is -0.141. The fourth-order valence-electron chi connectivity index (χ4n) is 5.73. The van der Waals surface area contributed by atoms with E-state index in [4.69, 9.17) is 9.47 Å². The maximum atomic E-state index is 12.6. The molecule has 2 aliphatic rings. The fourth-order valence-corrected chi connectivity index (χ4v) is 5.73. The number of aryl methyl sites for hydroxylation is 2. The van der Waals surface area contributed by atoms with E-state index in [0.29, 0.717) is 11.5 Å². The molecule has 0 aliphatic heterocycles. The van der Waals surface area contributed by atoms with Gasteiger partial charge in [0.05, 0.1) is 11.8 Å². The number of hydrogen-bond acceptors (Lipinski definition) is 5. The summed E-state index contributed by atoms with van der Waals surface area (Å²) in [7, 11) is 0. The first kappa shape index (κ1) is 32.3. The highest BCUT2D eigenvalue weighted by Gasteiger charge is 2.27. The van der Waals surface area contributed by atoms with E-state index in [1.54, 1.807) is 0 Å². The van der Waals surface area contributed by atoms with Crippen LogP contribution < -0.4 is 9.47 Å². The number of allylic oxidation sites excluding steroid dienone is 1. The largest absolute Gasteiger partial charge is 0.426 e. The minimum atomic E-state index is -0.0837. The van der Waals surface area contributed by atoms with E-state index in [9.17, 15) is 14.4 Å². The Morgan fingerprint density at radius 1 is 0.732 bits per heavy atom. The summed E-state index contributed by atoms with van der Waals surface area (Å²) in [5, 5.41) is 0. The quantitative estimate of drug-likeness (QED) is 0.166. The van der Waals surface area contributed by atoms with E-state index in [1.807, 2.05) is 48.5 Å². The van der Waals surface area contributed by atoms with Crippen molar-refractivity contribution < 1.29 is 23.9 Å². The number of hydrogen-bond donors (Lipinski definition) is 0. The Balaban J connectivity index is 0.000000850.